The molecular formula is C26H40N6O3. The number of rotatable bonds is 14. The van der Waals surface area contributed by atoms with Crippen LogP contribution in [-0.2, 0) is 22.4 Å². The number of nitrogens with zero attached hydrogens (tertiary/aromatic N) is 4. The topological polar surface area (TPSA) is 108 Å². The van der Waals surface area contributed by atoms with Crippen LogP contribution in [-0.4, -0.2) is 71.2 Å². The maximum absolute atomic E-state index is 12.5. The highest BCUT2D eigenvalue weighted by Gasteiger charge is 2.26. The minimum absolute atomic E-state index is 0.108. The summed E-state index contributed by atoms with van der Waals surface area (Å²) in [6.45, 7) is 5.48. The quantitative estimate of drug-likeness (QED) is 0.394. The van der Waals surface area contributed by atoms with E-state index < -0.39 is 12.0 Å². The van der Waals surface area contributed by atoms with Gasteiger partial charge in [-0.1, -0.05) is 10.9 Å². The van der Waals surface area contributed by atoms with E-state index in [9.17, 15) is 4.79 Å². The van der Waals surface area contributed by atoms with Crippen molar-refractivity contribution in [3.63, 3.8) is 0 Å². The Balaban J connectivity index is 1.20. The van der Waals surface area contributed by atoms with Crippen LogP contribution in [0.1, 0.15) is 68.2 Å². The molecule has 9 nitrogen and oxygen atoms in total. The van der Waals surface area contributed by atoms with Crippen LogP contribution in [0.4, 0.5) is 5.82 Å². The molecule has 0 bridgehead atoms. The summed E-state index contributed by atoms with van der Waals surface area (Å²) in [5.74, 6) is 1.17. The monoisotopic (exact) mass is 484 g/mol. The van der Waals surface area contributed by atoms with Crippen LogP contribution < -0.4 is 15.9 Å². The summed E-state index contributed by atoms with van der Waals surface area (Å²) in [6, 6.07) is 3.68. The molecule has 1 aliphatic carbocycles. The number of hydrogen-bond acceptors (Lipinski definition) is 8. The molecule has 192 valence electrons. The van der Waals surface area contributed by atoms with E-state index in [2.05, 4.69) is 34.4 Å². The van der Waals surface area contributed by atoms with Gasteiger partial charge in [-0.25, -0.2) is 9.78 Å². The third kappa shape index (κ3) is 7.75. The van der Waals surface area contributed by atoms with Gasteiger partial charge in [-0.2, -0.15) is 0 Å². The van der Waals surface area contributed by atoms with Gasteiger partial charge in [-0.15, -0.1) is 5.10 Å². The summed E-state index contributed by atoms with van der Waals surface area (Å²) >= 11 is 0. The molecule has 2 atom stereocenters. The third-order valence-corrected chi connectivity index (χ3v) is 6.90. The first-order valence-electron chi connectivity index (χ1n) is 13.0. The Morgan fingerprint density at radius 2 is 2.17 bits per heavy atom. The zero-order chi connectivity index (χ0) is 24.6. The molecule has 2 aliphatic rings. The van der Waals surface area contributed by atoms with E-state index in [-0.39, 0.29) is 6.10 Å². The first-order valence-corrected chi connectivity index (χ1v) is 13.0. The molecular weight excluding hydrogens is 444 g/mol. The number of hydrogen-bond donors (Lipinski definition) is 2. The molecule has 0 spiro atoms. The molecule has 0 aromatic carbocycles. The molecule has 1 saturated carbocycles. The van der Waals surface area contributed by atoms with E-state index in [0.717, 1.165) is 62.4 Å². The molecule has 3 heterocycles. The first kappa shape index (κ1) is 25.6. The van der Waals surface area contributed by atoms with Crippen molar-refractivity contribution in [2.75, 3.05) is 38.6 Å². The number of unbranched alkanes of at least 4 members (excludes halogenated alkanes) is 1. The molecule has 9 heteroatoms. The molecule has 4 rings (SSSR count). The Kier molecular flexibility index (Phi) is 9.12. The molecule has 2 aromatic heterocycles. The number of ether oxygens (including phenoxy) is 1. The fourth-order valence-electron chi connectivity index (χ4n) is 4.48. The molecule has 2 aromatic rings. The smallest absolute Gasteiger partial charge is 0.351 e. The summed E-state index contributed by atoms with van der Waals surface area (Å²) in [4.78, 5) is 26.2. The van der Waals surface area contributed by atoms with Gasteiger partial charge in [-0.05, 0) is 87.9 Å². The van der Waals surface area contributed by atoms with Gasteiger partial charge in [0.15, 0.2) is 0 Å². The van der Waals surface area contributed by atoms with Gasteiger partial charge in [0.05, 0.1) is 18.5 Å². The number of anilines is 1. The molecule has 0 radical (unpaired) electrons. The Morgan fingerprint density at radius 3 is 2.97 bits per heavy atom. The lowest BCUT2D eigenvalue weighted by Crippen LogP contribution is -2.42. The lowest BCUT2D eigenvalue weighted by Gasteiger charge is -2.26. The highest BCUT2D eigenvalue weighted by Crippen LogP contribution is 2.39. The van der Waals surface area contributed by atoms with Crippen LogP contribution in [0.25, 0.3) is 0 Å². The second kappa shape index (κ2) is 12.5. The number of aromatic nitrogens is 3. The Bertz CT molecular complexity index is 960. The van der Waals surface area contributed by atoms with Gasteiger partial charge in [-0.3, -0.25) is 0 Å². The zero-order valence-corrected chi connectivity index (χ0v) is 21.1. The fourth-order valence-corrected chi connectivity index (χ4v) is 4.48. The number of carbonyl (C=O) groups is 1. The van der Waals surface area contributed by atoms with Crippen molar-refractivity contribution >= 4 is 11.8 Å². The van der Waals surface area contributed by atoms with Crippen LogP contribution in [0.2, 0.25) is 0 Å². The Hall–Kier alpha value is -2.49. The van der Waals surface area contributed by atoms with Crippen molar-refractivity contribution in [1.29, 1.82) is 0 Å². The number of carbonyl (C=O) groups excluding carboxylic acids is 1. The van der Waals surface area contributed by atoms with Gasteiger partial charge < -0.3 is 25.5 Å². The second-order valence-electron chi connectivity index (χ2n) is 9.90. The lowest BCUT2D eigenvalue weighted by atomic mass is 10.1. The van der Waals surface area contributed by atoms with E-state index in [0.29, 0.717) is 18.9 Å². The summed E-state index contributed by atoms with van der Waals surface area (Å²) in [5, 5.41) is 7.54. The minimum atomic E-state index is -0.698. The maximum Gasteiger partial charge on any atom is 0.351 e. The summed E-state index contributed by atoms with van der Waals surface area (Å²) in [5.41, 5.74) is 9.74. The Morgan fingerprint density at radius 1 is 1.31 bits per heavy atom. The van der Waals surface area contributed by atoms with Gasteiger partial charge >= 0.3 is 5.97 Å². The van der Waals surface area contributed by atoms with E-state index in [1.165, 1.54) is 29.7 Å². The predicted molar refractivity (Wildman–Crippen MR) is 135 cm³/mol. The first-order chi connectivity index (χ1) is 17.0. The summed E-state index contributed by atoms with van der Waals surface area (Å²) in [6.07, 6.45) is 11.9. The van der Waals surface area contributed by atoms with Crippen LogP contribution in [0, 0.1) is 0 Å². The number of nitrogens with two attached hydrogens (primary N) is 1. The van der Waals surface area contributed by atoms with Gasteiger partial charge in [0, 0.05) is 32.4 Å². The number of fused-ring (bicyclic) bond motifs is 1. The van der Waals surface area contributed by atoms with Crippen LogP contribution >= 0.6 is 0 Å². The molecule has 0 saturated heterocycles. The molecule has 1 fully saturated rings. The van der Waals surface area contributed by atoms with Gasteiger partial charge in [0.1, 0.15) is 11.9 Å². The van der Waals surface area contributed by atoms with E-state index in [1.807, 2.05) is 0 Å². The molecule has 0 amide bonds. The van der Waals surface area contributed by atoms with Crippen molar-refractivity contribution < 1.29 is 14.4 Å². The molecule has 3 N–H and O–H groups in total. The average molecular weight is 485 g/mol. The minimum Gasteiger partial charge on any atom is -0.380 e. The maximum atomic E-state index is 12.5. The largest absolute Gasteiger partial charge is 0.380 e. The fraction of sp³-hybridized carbons (Fsp3) is 0.654. The predicted octanol–water partition coefficient (Wildman–Crippen LogP) is 2.55. The summed E-state index contributed by atoms with van der Waals surface area (Å²) < 4.78 is 5.48. The van der Waals surface area contributed by atoms with Crippen LogP contribution in [0.15, 0.2) is 24.5 Å². The Labute approximate surface area is 208 Å². The standard InChI is InChI=1S/C26H40N6O3/c1-19(34-2)17-31(14-4-3-7-23-11-10-21-6-5-13-28-25(21)30-23)15-12-24(27)26(33)35-32-18-22(16-29-32)20-8-9-20/h10-11,16,18-20,24H,3-9,12-15,17,27H2,1-2H3,(H,28,30)/t19-,24?/m1/s1. The zero-order valence-electron chi connectivity index (χ0n) is 21.1. The lowest BCUT2D eigenvalue weighted by molar-refractivity contribution is -0.147. The molecule has 1 unspecified atom stereocenters. The molecule has 35 heavy (non-hydrogen) atoms. The van der Waals surface area contributed by atoms with Crippen molar-refractivity contribution in [3.8, 4) is 0 Å². The average Bonchev–Trinajstić information content (AvgIpc) is 3.63. The van der Waals surface area contributed by atoms with Gasteiger partial charge in [0.2, 0.25) is 0 Å². The molecule has 1 aliphatic heterocycles. The number of methoxy groups -OCH3 is 1. The second-order valence-corrected chi connectivity index (χ2v) is 9.90. The normalized spacial score (nSPS) is 17.0. The number of nitrogens with one attached hydrogen (secondary N) is 1. The van der Waals surface area contributed by atoms with E-state index >= 15 is 0 Å². The van der Waals surface area contributed by atoms with E-state index in [4.69, 9.17) is 20.3 Å². The van der Waals surface area contributed by atoms with Crippen molar-refractivity contribution in [1.82, 2.24) is 19.8 Å². The van der Waals surface area contributed by atoms with Crippen molar-refractivity contribution in [2.24, 2.45) is 5.73 Å². The van der Waals surface area contributed by atoms with Crippen LogP contribution in [0.5, 0.6) is 0 Å². The number of aryl methyl sites for hydroxylation is 2. The van der Waals surface area contributed by atoms with Crippen molar-refractivity contribution in [2.45, 2.75) is 76.4 Å². The van der Waals surface area contributed by atoms with Crippen LogP contribution in [0.3, 0.4) is 0 Å². The summed E-state index contributed by atoms with van der Waals surface area (Å²) in [7, 11) is 1.72. The highest BCUT2D eigenvalue weighted by molar-refractivity contribution is 5.75. The third-order valence-electron chi connectivity index (χ3n) is 6.90. The van der Waals surface area contributed by atoms with Gasteiger partial charge in [0.25, 0.3) is 0 Å². The van der Waals surface area contributed by atoms with E-state index in [1.54, 1.807) is 19.5 Å². The highest BCUT2D eigenvalue weighted by atomic mass is 16.7. The SMILES string of the molecule is CO[C@H](C)CN(CCCCc1ccc2c(n1)NCCC2)CCC(N)C(=O)On1cc(C2CC2)cn1. The number of pyridine rings is 1. The van der Waals surface area contributed by atoms with Crippen molar-refractivity contribution in [3.05, 3.63) is 41.3 Å².